The number of amides is 1. The fourth-order valence-corrected chi connectivity index (χ4v) is 2.35. The molecule has 0 aromatic carbocycles. The fourth-order valence-electron chi connectivity index (χ4n) is 1.05. The van der Waals surface area contributed by atoms with E-state index in [0.29, 0.717) is 6.42 Å². The highest BCUT2D eigenvalue weighted by molar-refractivity contribution is 7.89. The summed E-state index contributed by atoms with van der Waals surface area (Å²) < 4.78 is 24.9. The Morgan fingerprint density at radius 3 is 2.18 bits per heavy atom. The molecule has 0 aliphatic heterocycles. The monoisotopic (exact) mass is 266 g/mol. The lowest BCUT2D eigenvalue weighted by molar-refractivity contribution is -0.141. The zero-order valence-electron chi connectivity index (χ0n) is 10.1. The number of sulfonamides is 1. The minimum atomic E-state index is -3.49. The van der Waals surface area contributed by atoms with Crippen molar-refractivity contribution in [3.05, 3.63) is 0 Å². The number of aliphatic carboxylic acids is 1. The molecule has 1 unspecified atom stereocenters. The number of hydrogen-bond donors (Lipinski definition) is 3. The molecule has 0 saturated carbocycles. The van der Waals surface area contributed by atoms with Crippen molar-refractivity contribution in [1.29, 1.82) is 0 Å². The van der Waals surface area contributed by atoms with Crippen LogP contribution in [-0.2, 0) is 19.6 Å². The van der Waals surface area contributed by atoms with Crippen molar-refractivity contribution in [2.24, 2.45) is 0 Å². The van der Waals surface area contributed by atoms with Gasteiger partial charge in [-0.3, -0.25) is 9.59 Å². The largest absolute Gasteiger partial charge is 0.480 e. The van der Waals surface area contributed by atoms with E-state index in [1.54, 1.807) is 6.92 Å². The van der Waals surface area contributed by atoms with Crippen LogP contribution >= 0.6 is 0 Å². The molecule has 0 aromatic rings. The molecule has 0 spiro atoms. The number of rotatable bonds is 7. The Morgan fingerprint density at radius 2 is 1.76 bits per heavy atom. The molecule has 0 aliphatic carbocycles. The summed E-state index contributed by atoms with van der Waals surface area (Å²) in [5.74, 6) is -1.92. The molecule has 0 radical (unpaired) electrons. The van der Waals surface area contributed by atoms with Crippen molar-refractivity contribution in [2.45, 2.75) is 39.3 Å². The molecule has 0 aliphatic rings. The molecule has 0 aromatic heterocycles. The van der Waals surface area contributed by atoms with Gasteiger partial charge in [0.1, 0.15) is 6.04 Å². The minimum absolute atomic E-state index is 0.0703. The number of carbonyl (C=O) groups excluding carboxylic acids is 1. The van der Waals surface area contributed by atoms with Gasteiger partial charge < -0.3 is 10.4 Å². The average molecular weight is 266 g/mol. The van der Waals surface area contributed by atoms with Crippen LogP contribution in [0.15, 0.2) is 0 Å². The van der Waals surface area contributed by atoms with Gasteiger partial charge in [0.15, 0.2) is 0 Å². The van der Waals surface area contributed by atoms with E-state index in [0.717, 1.165) is 0 Å². The predicted molar refractivity (Wildman–Crippen MR) is 61.9 cm³/mol. The number of carboxylic acids is 1. The Bertz CT molecular complexity index is 379. The van der Waals surface area contributed by atoms with Crippen LogP contribution in [0, 0.1) is 0 Å². The quantitative estimate of drug-likeness (QED) is 0.563. The summed E-state index contributed by atoms with van der Waals surface area (Å²) in [5, 5.41) is 10.8. The van der Waals surface area contributed by atoms with Crippen LogP contribution in [0.1, 0.15) is 27.2 Å². The van der Waals surface area contributed by atoms with Crippen LogP contribution in [0.25, 0.3) is 0 Å². The van der Waals surface area contributed by atoms with Gasteiger partial charge in [-0.2, -0.15) is 0 Å². The Kier molecular flexibility index (Phi) is 6.11. The van der Waals surface area contributed by atoms with Crippen molar-refractivity contribution < 1.29 is 23.1 Å². The SMILES string of the molecule is CCCS(=O)(=O)NC(C)C(=O)N[C@H](C)C(=O)O. The molecule has 1 amide bonds. The maximum atomic E-state index is 11.4. The second-order valence-corrected chi connectivity index (χ2v) is 5.60. The van der Waals surface area contributed by atoms with Crippen LogP contribution in [0.4, 0.5) is 0 Å². The third-order valence-corrected chi connectivity index (χ3v) is 3.61. The molecular weight excluding hydrogens is 248 g/mol. The molecule has 0 saturated heterocycles. The topological polar surface area (TPSA) is 113 Å². The van der Waals surface area contributed by atoms with Gasteiger partial charge in [0.05, 0.1) is 11.8 Å². The lowest BCUT2D eigenvalue weighted by Gasteiger charge is -2.15. The summed E-state index contributed by atoms with van der Waals surface area (Å²) in [5.41, 5.74) is 0. The van der Waals surface area contributed by atoms with Gasteiger partial charge in [-0.05, 0) is 20.3 Å². The summed E-state index contributed by atoms with van der Waals surface area (Å²) in [4.78, 5) is 21.9. The summed E-state index contributed by atoms with van der Waals surface area (Å²) >= 11 is 0. The maximum Gasteiger partial charge on any atom is 0.325 e. The van der Waals surface area contributed by atoms with E-state index in [9.17, 15) is 18.0 Å². The van der Waals surface area contributed by atoms with Crippen molar-refractivity contribution in [2.75, 3.05) is 5.75 Å². The summed E-state index contributed by atoms with van der Waals surface area (Å²) in [6.45, 7) is 4.36. The Labute approximate surface area is 101 Å². The fraction of sp³-hybridized carbons (Fsp3) is 0.778. The highest BCUT2D eigenvalue weighted by Gasteiger charge is 2.22. The van der Waals surface area contributed by atoms with Crippen molar-refractivity contribution in [3.8, 4) is 0 Å². The van der Waals surface area contributed by atoms with Gasteiger partial charge >= 0.3 is 5.97 Å². The highest BCUT2D eigenvalue weighted by atomic mass is 32.2. The molecule has 17 heavy (non-hydrogen) atoms. The van der Waals surface area contributed by atoms with Crippen molar-refractivity contribution in [3.63, 3.8) is 0 Å². The van der Waals surface area contributed by atoms with Crippen LogP contribution in [0.3, 0.4) is 0 Å². The number of carbonyl (C=O) groups is 2. The Balaban J connectivity index is 4.38. The molecule has 100 valence electrons. The highest BCUT2D eigenvalue weighted by Crippen LogP contribution is 1.93. The standard InChI is InChI=1S/C9H18N2O5S/c1-4-5-17(15,16)11-6(2)8(12)10-7(3)9(13)14/h6-7,11H,4-5H2,1-3H3,(H,10,12)(H,13,14)/t6?,7-/m1/s1. The normalized spacial score (nSPS) is 15.0. The Morgan fingerprint density at radius 1 is 1.24 bits per heavy atom. The first-order valence-corrected chi connectivity index (χ1v) is 6.88. The molecule has 8 heteroatoms. The third kappa shape index (κ3) is 6.22. The van der Waals surface area contributed by atoms with E-state index in [1.807, 2.05) is 0 Å². The van der Waals surface area contributed by atoms with Gasteiger partial charge in [0.25, 0.3) is 0 Å². The second-order valence-electron chi connectivity index (χ2n) is 3.73. The summed E-state index contributed by atoms with van der Waals surface area (Å²) in [7, 11) is -3.49. The molecule has 0 rings (SSSR count). The average Bonchev–Trinajstić information content (AvgIpc) is 2.16. The molecule has 2 atom stereocenters. The predicted octanol–water partition coefficient (Wildman–Crippen LogP) is -0.706. The zero-order valence-corrected chi connectivity index (χ0v) is 10.9. The molecular formula is C9H18N2O5S. The molecule has 0 fully saturated rings. The van der Waals surface area contributed by atoms with Crippen LogP contribution in [0.5, 0.6) is 0 Å². The van der Waals surface area contributed by atoms with E-state index in [1.165, 1.54) is 13.8 Å². The van der Waals surface area contributed by atoms with Crippen molar-refractivity contribution in [1.82, 2.24) is 10.0 Å². The third-order valence-electron chi connectivity index (χ3n) is 1.95. The molecule has 7 nitrogen and oxygen atoms in total. The van der Waals surface area contributed by atoms with E-state index in [2.05, 4.69) is 10.0 Å². The lowest BCUT2D eigenvalue weighted by atomic mass is 10.3. The van der Waals surface area contributed by atoms with Gasteiger partial charge in [0.2, 0.25) is 15.9 Å². The van der Waals surface area contributed by atoms with Crippen LogP contribution in [0.2, 0.25) is 0 Å². The Hall–Kier alpha value is -1.15. The number of nitrogens with one attached hydrogen (secondary N) is 2. The maximum absolute atomic E-state index is 11.4. The van der Waals surface area contributed by atoms with E-state index < -0.39 is 34.0 Å². The van der Waals surface area contributed by atoms with Gasteiger partial charge in [-0.25, -0.2) is 13.1 Å². The smallest absolute Gasteiger partial charge is 0.325 e. The summed E-state index contributed by atoms with van der Waals surface area (Å²) in [6.07, 6.45) is 0.440. The van der Waals surface area contributed by atoms with Gasteiger partial charge in [0, 0.05) is 0 Å². The second kappa shape index (κ2) is 6.55. The van der Waals surface area contributed by atoms with Crippen LogP contribution < -0.4 is 10.0 Å². The summed E-state index contributed by atoms with van der Waals surface area (Å²) in [6, 6.07) is -2.05. The van der Waals surface area contributed by atoms with E-state index >= 15 is 0 Å². The number of carboxylic acid groups (broad SMARTS) is 1. The van der Waals surface area contributed by atoms with Gasteiger partial charge in [-0.15, -0.1) is 0 Å². The van der Waals surface area contributed by atoms with Crippen molar-refractivity contribution >= 4 is 21.9 Å². The zero-order chi connectivity index (χ0) is 13.6. The van der Waals surface area contributed by atoms with E-state index in [4.69, 9.17) is 5.11 Å². The van der Waals surface area contributed by atoms with E-state index in [-0.39, 0.29) is 5.75 Å². The lowest BCUT2D eigenvalue weighted by Crippen LogP contribution is -2.49. The van der Waals surface area contributed by atoms with Crippen LogP contribution in [-0.4, -0.2) is 43.2 Å². The first kappa shape index (κ1) is 15.9. The first-order valence-electron chi connectivity index (χ1n) is 5.22. The molecule has 0 bridgehead atoms. The molecule has 3 N–H and O–H groups in total. The number of hydrogen-bond acceptors (Lipinski definition) is 4. The van der Waals surface area contributed by atoms with Gasteiger partial charge in [-0.1, -0.05) is 6.92 Å². The first-order chi connectivity index (χ1) is 7.69. The minimum Gasteiger partial charge on any atom is -0.480 e. The molecule has 0 heterocycles.